The van der Waals surface area contributed by atoms with E-state index in [0.717, 1.165) is 36.3 Å². The number of esters is 1. The molecule has 0 saturated carbocycles. The second-order valence-corrected chi connectivity index (χ2v) is 11.9. The van der Waals surface area contributed by atoms with Gasteiger partial charge in [0.05, 0.1) is 16.8 Å². The Bertz CT molecular complexity index is 1560. The van der Waals surface area contributed by atoms with Crippen LogP contribution in [0.1, 0.15) is 59.9 Å². The fraction of sp³-hybridized carbons (Fsp3) is 0.297. The van der Waals surface area contributed by atoms with Crippen LogP contribution in [-0.2, 0) is 11.3 Å². The summed E-state index contributed by atoms with van der Waals surface area (Å²) in [5, 5.41) is 2.99. The van der Waals surface area contributed by atoms with Gasteiger partial charge >= 0.3 is 5.97 Å². The van der Waals surface area contributed by atoms with Crippen molar-refractivity contribution in [2.75, 3.05) is 31.6 Å². The van der Waals surface area contributed by atoms with E-state index >= 15 is 0 Å². The summed E-state index contributed by atoms with van der Waals surface area (Å²) >= 11 is 0. The Morgan fingerprint density at radius 3 is 2.18 bits per heavy atom. The van der Waals surface area contributed by atoms with Crippen molar-refractivity contribution < 1.29 is 23.8 Å². The summed E-state index contributed by atoms with van der Waals surface area (Å²) in [6.07, 6.45) is 2.43. The van der Waals surface area contributed by atoms with E-state index in [1.807, 2.05) is 93.6 Å². The third-order valence-corrected chi connectivity index (χ3v) is 7.30. The van der Waals surface area contributed by atoms with Crippen LogP contribution in [0.5, 0.6) is 11.5 Å². The molecule has 5 rings (SSSR count). The predicted molar refractivity (Wildman–Crippen MR) is 173 cm³/mol. The number of benzene rings is 4. The van der Waals surface area contributed by atoms with Crippen molar-refractivity contribution in [3.63, 3.8) is 0 Å². The number of anilines is 1. The molecule has 0 spiro atoms. The molecule has 1 aliphatic rings. The normalized spacial score (nSPS) is 13.3. The fourth-order valence-electron chi connectivity index (χ4n) is 5.09. The summed E-state index contributed by atoms with van der Waals surface area (Å²) in [5.74, 6) is 0.0446. The van der Waals surface area contributed by atoms with Gasteiger partial charge in [-0.1, -0.05) is 66.7 Å². The highest BCUT2D eigenvalue weighted by Crippen LogP contribution is 2.30. The zero-order valence-electron chi connectivity index (χ0n) is 25.7. The maximum absolute atomic E-state index is 14.0. The van der Waals surface area contributed by atoms with E-state index in [4.69, 9.17) is 14.2 Å². The lowest BCUT2D eigenvalue weighted by atomic mass is 10.0. The Balaban J connectivity index is 1.44. The lowest BCUT2D eigenvalue weighted by Gasteiger charge is -2.21. The Kier molecular flexibility index (Phi) is 9.97. The zero-order valence-corrected chi connectivity index (χ0v) is 25.7. The van der Waals surface area contributed by atoms with Gasteiger partial charge in [0.1, 0.15) is 30.3 Å². The molecule has 7 nitrogen and oxygen atoms in total. The minimum Gasteiger partial charge on any atom is -0.492 e. The number of ether oxygens (including phenoxy) is 3. The molecule has 228 valence electrons. The van der Waals surface area contributed by atoms with Gasteiger partial charge in [-0.15, -0.1) is 0 Å². The molecule has 0 aliphatic carbocycles. The molecule has 1 fully saturated rings. The molecule has 0 aromatic heterocycles. The Morgan fingerprint density at radius 1 is 0.773 bits per heavy atom. The summed E-state index contributed by atoms with van der Waals surface area (Å²) < 4.78 is 17.9. The molecular formula is C37H40N2O5. The SMILES string of the molecule is CC(C)(C)OC(=O)c1ccc(-c2ccccc2)cc1NC(=O)c1cc(OCCN2CCCC2)ccc1OCc1ccccc1. The summed E-state index contributed by atoms with van der Waals surface area (Å²) in [7, 11) is 0. The van der Waals surface area contributed by atoms with Crippen LogP contribution < -0.4 is 14.8 Å². The van der Waals surface area contributed by atoms with Crippen LogP contribution in [0.25, 0.3) is 11.1 Å². The smallest absolute Gasteiger partial charge is 0.340 e. The number of amides is 1. The van der Waals surface area contributed by atoms with Crippen LogP contribution in [0.15, 0.2) is 97.1 Å². The van der Waals surface area contributed by atoms with Gasteiger partial charge in [-0.3, -0.25) is 9.69 Å². The first-order chi connectivity index (χ1) is 21.2. The lowest BCUT2D eigenvalue weighted by molar-refractivity contribution is 0.00707. The Hall–Kier alpha value is -4.62. The number of hydrogen-bond donors (Lipinski definition) is 1. The van der Waals surface area contributed by atoms with Gasteiger partial charge in [0, 0.05) is 6.54 Å². The first kappa shape index (κ1) is 30.8. The fourth-order valence-corrected chi connectivity index (χ4v) is 5.09. The molecule has 1 saturated heterocycles. The topological polar surface area (TPSA) is 77.1 Å². The standard InChI is InChI=1S/C37H40N2O5/c1-37(2,3)44-36(41)31-18-16-29(28-14-8-5-9-15-28)24-33(31)38-35(40)32-25-30(42-23-22-39-20-10-11-21-39)17-19-34(32)43-26-27-12-6-4-7-13-27/h4-9,12-19,24-25H,10-11,20-23,26H2,1-3H3,(H,38,40). The van der Waals surface area contributed by atoms with E-state index in [-0.39, 0.29) is 5.56 Å². The zero-order chi connectivity index (χ0) is 30.9. The highest BCUT2D eigenvalue weighted by Gasteiger charge is 2.23. The molecule has 1 aliphatic heterocycles. The van der Waals surface area contributed by atoms with E-state index in [1.165, 1.54) is 12.8 Å². The maximum Gasteiger partial charge on any atom is 0.340 e. The van der Waals surface area contributed by atoms with Crippen molar-refractivity contribution in [1.82, 2.24) is 4.90 Å². The van der Waals surface area contributed by atoms with Crippen molar-refractivity contribution in [3.8, 4) is 22.6 Å². The number of carbonyl (C=O) groups is 2. The second-order valence-electron chi connectivity index (χ2n) is 11.9. The average Bonchev–Trinajstić information content (AvgIpc) is 3.54. The van der Waals surface area contributed by atoms with Crippen LogP contribution >= 0.6 is 0 Å². The van der Waals surface area contributed by atoms with Crippen LogP contribution in [0, 0.1) is 0 Å². The van der Waals surface area contributed by atoms with E-state index in [9.17, 15) is 9.59 Å². The van der Waals surface area contributed by atoms with E-state index in [1.54, 1.807) is 24.3 Å². The van der Waals surface area contributed by atoms with Crippen molar-refractivity contribution >= 4 is 17.6 Å². The molecular weight excluding hydrogens is 552 g/mol. The van der Waals surface area contributed by atoms with Gasteiger partial charge < -0.3 is 19.5 Å². The number of nitrogens with zero attached hydrogens (tertiary/aromatic N) is 1. The summed E-state index contributed by atoms with van der Waals surface area (Å²) in [5.41, 5.74) is 3.01. The summed E-state index contributed by atoms with van der Waals surface area (Å²) in [6.45, 7) is 9.26. The number of carbonyl (C=O) groups excluding carboxylic acids is 2. The van der Waals surface area contributed by atoms with Gasteiger partial charge in [0.25, 0.3) is 5.91 Å². The van der Waals surface area contributed by atoms with Crippen LogP contribution in [-0.4, -0.2) is 48.6 Å². The van der Waals surface area contributed by atoms with E-state index in [0.29, 0.717) is 36.0 Å². The molecule has 1 N–H and O–H groups in total. The highest BCUT2D eigenvalue weighted by atomic mass is 16.6. The molecule has 0 atom stereocenters. The average molecular weight is 593 g/mol. The van der Waals surface area contributed by atoms with Gasteiger partial charge in [0.15, 0.2) is 0 Å². The first-order valence-electron chi connectivity index (χ1n) is 15.2. The monoisotopic (exact) mass is 592 g/mol. The number of nitrogens with one attached hydrogen (secondary N) is 1. The number of hydrogen-bond acceptors (Lipinski definition) is 6. The highest BCUT2D eigenvalue weighted by molar-refractivity contribution is 6.10. The summed E-state index contributed by atoms with van der Waals surface area (Å²) in [4.78, 5) is 29.6. The number of likely N-dealkylation sites (tertiary alicyclic amines) is 1. The minimum absolute atomic E-state index is 0.262. The molecule has 1 amide bonds. The van der Waals surface area contributed by atoms with Crippen LogP contribution in [0.3, 0.4) is 0 Å². The first-order valence-corrected chi connectivity index (χ1v) is 15.2. The largest absolute Gasteiger partial charge is 0.492 e. The maximum atomic E-state index is 14.0. The molecule has 4 aromatic carbocycles. The van der Waals surface area contributed by atoms with E-state index in [2.05, 4.69) is 10.2 Å². The van der Waals surface area contributed by atoms with Crippen molar-refractivity contribution in [2.24, 2.45) is 0 Å². The molecule has 44 heavy (non-hydrogen) atoms. The molecule has 0 unspecified atom stereocenters. The van der Waals surface area contributed by atoms with Gasteiger partial charge in [-0.05, 0) is 93.7 Å². The van der Waals surface area contributed by atoms with Crippen LogP contribution in [0.2, 0.25) is 0 Å². The third kappa shape index (κ3) is 8.48. The molecule has 4 aromatic rings. The van der Waals surface area contributed by atoms with Crippen molar-refractivity contribution in [2.45, 2.75) is 45.8 Å². The minimum atomic E-state index is -0.699. The number of rotatable bonds is 11. The van der Waals surface area contributed by atoms with Crippen LogP contribution in [0.4, 0.5) is 5.69 Å². The Labute approximate surface area is 259 Å². The van der Waals surface area contributed by atoms with Crippen molar-refractivity contribution in [3.05, 3.63) is 114 Å². The molecule has 7 heteroatoms. The van der Waals surface area contributed by atoms with Gasteiger partial charge in [0.2, 0.25) is 0 Å². The predicted octanol–water partition coefficient (Wildman–Crippen LogP) is 7.61. The lowest BCUT2D eigenvalue weighted by Crippen LogP contribution is -2.25. The van der Waals surface area contributed by atoms with Gasteiger partial charge in [-0.2, -0.15) is 0 Å². The molecule has 0 radical (unpaired) electrons. The quantitative estimate of drug-likeness (QED) is 0.181. The van der Waals surface area contributed by atoms with E-state index < -0.39 is 17.5 Å². The molecule has 0 bridgehead atoms. The summed E-state index contributed by atoms with van der Waals surface area (Å²) in [6, 6.07) is 30.2. The van der Waals surface area contributed by atoms with Crippen molar-refractivity contribution in [1.29, 1.82) is 0 Å². The van der Waals surface area contributed by atoms with Gasteiger partial charge in [-0.25, -0.2) is 4.79 Å². The third-order valence-electron chi connectivity index (χ3n) is 7.30. The molecule has 1 heterocycles. The second kappa shape index (κ2) is 14.2. The Morgan fingerprint density at radius 2 is 1.48 bits per heavy atom.